The first-order valence-electron chi connectivity index (χ1n) is 6.42. The van der Waals surface area contributed by atoms with Crippen molar-refractivity contribution in [1.29, 1.82) is 0 Å². The van der Waals surface area contributed by atoms with Crippen LogP contribution < -0.4 is 4.74 Å². The Labute approximate surface area is 114 Å². The normalized spacial score (nSPS) is 12.8. The Balaban J connectivity index is 3.49. The minimum Gasteiger partial charge on any atom is -0.496 e. The Hall–Kier alpha value is -1.55. The van der Waals surface area contributed by atoms with Crippen molar-refractivity contribution < 1.29 is 19.7 Å². The number of methoxy groups -OCH3 is 1. The molecule has 0 aromatic heterocycles. The Morgan fingerprint density at radius 2 is 1.53 bits per heavy atom. The molecule has 4 nitrogen and oxygen atoms in total. The largest absolute Gasteiger partial charge is 0.496 e. The van der Waals surface area contributed by atoms with Crippen molar-refractivity contribution in [3.05, 3.63) is 28.8 Å². The van der Waals surface area contributed by atoms with Crippen molar-refractivity contribution in [2.24, 2.45) is 0 Å². The first-order chi connectivity index (χ1) is 8.79. The zero-order chi connectivity index (χ0) is 14.7. The van der Waals surface area contributed by atoms with E-state index >= 15 is 0 Å². The third-order valence-corrected chi connectivity index (χ3v) is 3.17. The molecule has 0 aliphatic carbocycles. The van der Waals surface area contributed by atoms with Crippen LogP contribution in [-0.4, -0.2) is 23.3 Å². The van der Waals surface area contributed by atoms with Gasteiger partial charge in [0.1, 0.15) is 5.75 Å². The van der Waals surface area contributed by atoms with Gasteiger partial charge in [-0.3, -0.25) is 0 Å². The fourth-order valence-electron chi connectivity index (χ4n) is 2.09. The van der Waals surface area contributed by atoms with E-state index in [4.69, 9.17) is 9.84 Å². The molecule has 0 amide bonds. The summed E-state index contributed by atoms with van der Waals surface area (Å²) in [6, 6.07) is 3.43. The van der Waals surface area contributed by atoms with Gasteiger partial charge < -0.3 is 14.9 Å². The number of rotatable bonds is 5. The van der Waals surface area contributed by atoms with Crippen molar-refractivity contribution in [1.82, 2.24) is 0 Å². The van der Waals surface area contributed by atoms with Gasteiger partial charge in [0.25, 0.3) is 0 Å². The second kappa shape index (κ2) is 6.06. The molecule has 0 saturated carbocycles. The highest BCUT2D eigenvalue weighted by molar-refractivity contribution is 5.74. The molecular weight excluding hydrogens is 244 g/mol. The summed E-state index contributed by atoms with van der Waals surface area (Å²) in [5.74, 6) is -0.0808. The summed E-state index contributed by atoms with van der Waals surface area (Å²) in [6.45, 7) is 8.05. The second-order valence-corrected chi connectivity index (χ2v) is 5.28. The number of carboxylic acids is 1. The van der Waals surface area contributed by atoms with E-state index in [9.17, 15) is 9.90 Å². The number of hydrogen-bond acceptors (Lipinski definition) is 3. The van der Waals surface area contributed by atoms with Gasteiger partial charge in [-0.1, -0.05) is 27.7 Å². The number of carboxylic acid groups (broad SMARTS) is 1. The summed E-state index contributed by atoms with van der Waals surface area (Å²) in [5.41, 5.74) is 2.24. The van der Waals surface area contributed by atoms with Crippen molar-refractivity contribution in [3.8, 4) is 5.75 Å². The van der Waals surface area contributed by atoms with Crippen LogP contribution in [0, 0.1) is 0 Å². The van der Waals surface area contributed by atoms with Crippen LogP contribution in [0.4, 0.5) is 0 Å². The van der Waals surface area contributed by atoms with Crippen LogP contribution in [0.2, 0.25) is 0 Å². The standard InChI is InChI=1S/C15H22O4/c1-8(2)11-6-10(13(16)15(17)18)7-12(9(3)4)14(11)19-5/h6-9,13,16H,1-5H3,(H,17,18). The average molecular weight is 266 g/mol. The number of aliphatic hydroxyl groups excluding tert-OH is 1. The summed E-state index contributed by atoms with van der Waals surface area (Å²) in [4.78, 5) is 10.9. The highest BCUT2D eigenvalue weighted by atomic mass is 16.5. The molecule has 1 aromatic carbocycles. The number of aliphatic carboxylic acids is 1. The Morgan fingerprint density at radius 1 is 1.11 bits per heavy atom. The zero-order valence-electron chi connectivity index (χ0n) is 12.1. The maximum Gasteiger partial charge on any atom is 0.337 e. The Bertz CT molecular complexity index is 434. The molecule has 4 heteroatoms. The van der Waals surface area contributed by atoms with Gasteiger partial charge in [-0.15, -0.1) is 0 Å². The minimum atomic E-state index is -1.50. The van der Waals surface area contributed by atoms with E-state index in [-0.39, 0.29) is 11.8 Å². The highest BCUT2D eigenvalue weighted by Gasteiger charge is 2.22. The molecule has 2 N–H and O–H groups in total. The molecule has 19 heavy (non-hydrogen) atoms. The lowest BCUT2D eigenvalue weighted by atomic mass is 9.90. The van der Waals surface area contributed by atoms with Gasteiger partial charge in [-0.2, -0.15) is 0 Å². The molecule has 0 spiro atoms. The molecule has 0 fully saturated rings. The average Bonchev–Trinajstić information content (AvgIpc) is 2.35. The van der Waals surface area contributed by atoms with Crippen LogP contribution in [0.15, 0.2) is 12.1 Å². The third kappa shape index (κ3) is 3.26. The second-order valence-electron chi connectivity index (χ2n) is 5.28. The van der Waals surface area contributed by atoms with Crippen LogP contribution in [-0.2, 0) is 4.79 Å². The molecule has 0 bridgehead atoms. The van der Waals surface area contributed by atoms with Crippen molar-refractivity contribution in [3.63, 3.8) is 0 Å². The number of carbonyl (C=O) groups is 1. The van der Waals surface area contributed by atoms with E-state index in [2.05, 4.69) is 0 Å². The lowest BCUT2D eigenvalue weighted by molar-refractivity contribution is -0.146. The molecule has 1 rings (SSSR count). The predicted molar refractivity (Wildman–Crippen MR) is 73.8 cm³/mol. The molecule has 1 unspecified atom stereocenters. The van der Waals surface area contributed by atoms with Gasteiger partial charge in [0.2, 0.25) is 0 Å². The van der Waals surface area contributed by atoms with Gasteiger partial charge in [-0.05, 0) is 40.7 Å². The van der Waals surface area contributed by atoms with E-state index in [0.29, 0.717) is 5.56 Å². The van der Waals surface area contributed by atoms with Crippen molar-refractivity contribution >= 4 is 5.97 Å². The number of benzene rings is 1. The number of aliphatic hydroxyl groups is 1. The smallest absolute Gasteiger partial charge is 0.337 e. The molecule has 1 aromatic rings. The number of hydrogen-bond donors (Lipinski definition) is 2. The fraction of sp³-hybridized carbons (Fsp3) is 0.533. The summed E-state index contributed by atoms with van der Waals surface area (Å²) in [7, 11) is 1.61. The highest BCUT2D eigenvalue weighted by Crippen LogP contribution is 2.37. The lowest BCUT2D eigenvalue weighted by Gasteiger charge is -2.21. The molecule has 1 atom stereocenters. The van der Waals surface area contributed by atoms with Crippen LogP contribution in [0.25, 0.3) is 0 Å². The van der Waals surface area contributed by atoms with E-state index in [0.717, 1.165) is 16.9 Å². The van der Waals surface area contributed by atoms with Gasteiger partial charge in [0.05, 0.1) is 7.11 Å². The lowest BCUT2D eigenvalue weighted by Crippen LogP contribution is -2.12. The minimum absolute atomic E-state index is 0.188. The van der Waals surface area contributed by atoms with Crippen LogP contribution in [0.1, 0.15) is 62.3 Å². The van der Waals surface area contributed by atoms with Gasteiger partial charge >= 0.3 is 5.97 Å². The molecular formula is C15H22O4. The molecule has 0 radical (unpaired) electrons. The van der Waals surface area contributed by atoms with E-state index in [1.54, 1.807) is 19.2 Å². The topological polar surface area (TPSA) is 66.8 Å². The molecule has 0 aliphatic heterocycles. The SMILES string of the molecule is COc1c(C(C)C)cc(C(O)C(=O)O)cc1C(C)C. The zero-order valence-corrected chi connectivity index (χ0v) is 12.1. The molecule has 106 valence electrons. The third-order valence-electron chi connectivity index (χ3n) is 3.17. The van der Waals surface area contributed by atoms with Crippen LogP contribution in [0.5, 0.6) is 5.75 Å². The molecule has 0 saturated heterocycles. The van der Waals surface area contributed by atoms with E-state index in [1.807, 2.05) is 27.7 Å². The van der Waals surface area contributed by atoms with Gasteiger partial charge in [0, 0.05) is 0 Å². The Kier molecular flexibility index (Phi) is 4.95. The quantitative estimate of drug-likeness (QED) is 0.859. The van der Waals surface area contributed by atoms with E-state index < -0.39 is 12.1 Å². The maximum atomic E-state index is 10.9. The summed E-state index contributed by atoms with van der Waals surface area (Å²) < 4.78 is 5.47. The van der Waals surface area contributed by atoms with Crippen molar-refractivity contribution in [2.45, 2.75) is 45.6 Å². The van der Waals surface area contributed by atoms with Crippen LogP contribution >= 0.6 is 0 Å². The predicted octanol–water partition coefficient (Wildman–Crippen LogP) is 3.06. The summed E-state index contributed by atoms with van der Waals surface area (Å²) in [5, 5.41) is 18.7. The molecule has 0 heterocycles. The first kappa shape index (κ1) is 15.5. The summed E-state index contributed by atoms with van der Waals surface area (Å²) in [6.07, 6.45) is -1.50. The van der Waals surface area contributed by atoms with Gasteiger partial charge in [-0.25, -0.2) is 4.79 Å². The van der Waals surface area contributed by atoms with Crippen molar-refractivity contribution in [2.75, 3.05) is 7.11 Å². The van der Waals surface area contributed by atoms with Gasteiger partial charge in [0.15, 0.2) is 6.10 Å². The monoisotopic (exact) mass is 266 g/mol. The number of ether oxygens (including phenoxy) is 1. The first-order valence-corrected chi connectivity index (χ1v) is 6.42. The Morgan fingerprint density at radius 3 is 1.79 bits per heavy atom. The van der Waals surface area contributed by atoms with E-state index in [1.165, 1.54) is 0 Å². The molecule has 0 aliphatic rings. The maximum absolute atomic E-state index is 10.9. The van der Waals surface area contributed by atoms with Crippen LogP contribution in [0.3, 0.4) is 0 Å². The summed E-state index contributed by atoms with van der Waals surface area (Å²) >= 11 is 0. The fourth-order valence-corrected chi connectivity index (χ4v) is 2.09.